The lowest BCUT2D eigenvalue weighted by atomic mass is 10.1. The summed E-state index contributed by atoms with van der Waals surface area (Å²) >= 11 is 0. The van der Waals surface area contributed by atoms with Gasteiger partial charge in [-0.05, 0) is 51.2 Å². The molecule has 1 aromatic rings. The van der Waals surface area contributed by atoms with Crippen molar-refractivity contribution in [2.45, 2.75) is 23.8 Å². The summed E-state index contributed by atoms with van der Waals surface area (Å²) in [6.45, 7) is 2.05. The van der Waals surface area contributed by atoms with Gasteiger partial charge in [-0.1, -0.05) is 0 Å². The van der Waals surface area contributed by atoms with Crippen molar-refractivity contribution in [1.29, 1.82) is 0 Å². The molecule has 0 unspecified atom stereocenters. The van der Waals surface area contributed by atoms with Crippen LogP contribution in [0.3, 0.4) is 0 Å². The molecular formula is C13H21N3O3S. The van der Waals surface area contributed by atoms with Crippen LogP contribution < -0.4 is 15.2 Å². The van der Waals surface area contributed by atoms with Gasteiger partial charge < -0.3 is 15.0 Å². The summed E-state index contributed by atoms with van der Waals surface area (Å²) in [5.74, 6) is 0.622. The third kappa shape index (κ3) is 3.62. The Hall–Kier alpha value is -1.31. The van der Waals surface area contributed by atoms with Gasteiger partial charge in [-0.25, -0.2) is 13.6 Å². The quantitative estimate of drug-likeness (QED) is 0.861. The van der Waals surface area contributed by atoms with Crippen LogP contribution in [0.25, 0.3) is 0 Å². The van der Waals surface area contributed by atoms with E-state index in [1.54, 1.807) is 13.2 Å². The van der Waals surface area contributed by atoms with Gasteiger partial charge in [0, 0.05) is 6.04 Å². The zero-order valence-corrected chi connectivity index (χ0v) is 12.6. The van der Waals surface area contributed by atoms with Gasteiger partial charge in [0.05, 0.1) is 17.7 Å². The molecule has 0 saturated carbocycles. The topological polar surface area (TPSA) is 84.7 Å². The van der Waals surface area contributed by atoms with E-state index < -0.39 is 10.0 Å². The maximum Gasteiger partial charge on any atom is 0.238 e. The van der Waals surface area contributed by atoms with Crippen molar-refractivity contribution in [2.75, 3.05) is 32.6 Å². The van der Waals surface area contributed by atoms with E-state index in [-0.39, 0.29) is 4.90 Å². The smallest absolute Gasteiger partial charge is 0.238 e. The van der Waals surface area contributed by atoms with Gasteiger partial charge in [0.25, 0.3) is 0 Å². The van der Waals surface area contributed by atoms with E-state index in [0.29, 0.717) is 17.5 Å². The van der Waals surface area contributed by atoms with E-state index in [1.165, 1.54) is 12.1 Å². The number of hydrogen-bond donors (Lipinski definition) is 2. The summed E-state index contributed by atoms with van der Waals surface area (Å²) in [6.07, 6.45) is 2.03. The lowest BCUT2D eigenvalue weighted by molar-refractivity contribution is 0.263. The molecule has 1 aliphatic heterocycles. The monoisotopic (exact) mass is 299 g/mol. The Morgan fingerprint density at radius 2 is 2.00 bits per heavy atom. The van der Waals surface area contributed by atoms with Gasteiger partial charge in [0.1, 0.15) is 5.75 Å². The van der Waals surface area contributed by atoms with Gasteiger partial charge in [0.15, 0.2) is 0 Å². The third-order valence-corrected chi connectivity index (χ3v) is 4.49. The molecule has 7 heteroatoms. The molecule has 1 aromatic carbocycles. The number of nitrogens with two attached hydrogens (primary N) is 1. The van der Waals surface area contributed by atoms with Crippen molar-refractivity contribution in [3.8, 4) is 5.75 Å². The molecule has 0 atom stereocenters. The van der Waals surface area contributed by atoms with Crippen LogP contribution in [-0.2, 0) is 10.0 Å². The SMILES string of the molecule is COc1ccc(S(N)(=O)=O)cc1NC1CCN(C)CC1. The molecular weight excluding hydrogens is 278 g/mol. The lowest BCUT2D eigenvalue weighted by Gasteiger charge is -2.30. The lowest BCUT2D eigenvalue weighted by Crippen LogP contribution is -2.36. The summed E-state index contributed by atoms with van der Waals surface area (Å²) in [6, 6.07) is 4.92. The first kappa shape index (κ1) is 15.1. The van der Waals surface area contributed by atoms with Crippen LogP contribution in [0.4, 0.5) is 5.69 Å². The highest BCUT2D eigenvalue weighted by molar-refractivity contribution is 7.89. The van der Waals surface area contributed by atoms with Crippen molar-refractivity contribution in [1.82, 2.24) is 4.90 Å². The first-order valence-electron chi connectivity index (χ1n) is 6.56. The first-order chi connectivity index (χ1) is 9.40. The highest BCUT2D eigenvalue weighted by Gasteiger charge is 2.19. The van der Waals surface area contributed by atoms with E-state index in [2.05, 4.69) is 17.3 Å². The standard InChI is InChI=1S/C13H21N3O3S/c1-16-7-5-10(6-8-16)15-12-9-11(20(14,17)18)3-4-13(12)19-2/h3-4,9-10,15H,5-8H2,1-2H3,(H2,14,17,18). The number of benzene rings is 1. The van der Waals surface area contributed by atoms with Crippen LogP contribution in [0.1, 0.15) is 12.8 Å². The van der Waals surface area contributed by atoms with Gasteiger partial charge in [-0.15, -0.1) is 0 Å². The number of anilines is 1. The number of piperidine rings is 1. The van der Waals surface area contributed by atoms with Crippen LogP contribution in [0.15, 0.2) is 23.1 Å². The summed E-state index contributed by atoms with van der Waals surface area (Å²) < 4.78 is 28.1. The Labute approximate surface area is 120 Å². The molecule has 0 amide bonds. The number of nitrogens with zero attached hydrogens (tertiary/aromatic N) is 1. The largest absolute Gasteiger partial charge is 0.495 e. The molecule has 2 rings (SSSR count). The van der Waals surface area contributed by atoms with Crippen molar-refractivity contribution < 1.29 is 13.2 Å². The second kappa shape index (κ2) is 5.99. The second-order valence-electron chi connectivity index (χ2n) is 5.13. The Balaban J connectivity index is 2.20. The first-order valence-corrected chi connectivity index (χ1v) is 8.10. The van der Waals surface area contributed by atoms with E-state index >= 15 is 0 Å². The Morgan fingerprint density at radius 1 is 1.35 bits per heavy atom. The molecule has 0 aliphatic carbocycles. The van der Waals surface area contributed by atoms with E-state index in [0.717, 1.165) is 25.9 Å². The van der Waals surface area contributed by atoms with E-state index in [4.69, 9.17) is 9.88 Å². The minimum atomic E-state index is -3.70. The predicted octanol–water partition coefficient (Wildman–Crippen LogP) is 0.849. The van der Waals surface area contributed by atoms with Gasteiger partial charge in [-0.3, -0.25) is 0 Å². The number of hydrogen-bond acceptors (Lipinski definition) is 5. The fourth-order valence-corrected chi connectivity index (χ4v) is 2.89. The van der Waals surface area contributed by atoms with Gasteiger partial charge >= 0.3 is 0 Å². The maximum absolute atomic E-state index is 11.4. The Morgan fingerprint density at radius 3 is 2.55 bits per heavy atom. The summed E-state index contributed by atoms with van der Waals surface area (Å²) in [5, 5.41) is 8.53. The van der Waals surface area contributed by atoms with Crippen molar-refractivity contribution in [3.63, 3.8) is 0 Å². The molecule has 20 heavy (non-hydrogen) atoms. The fraction of sp³-hybridized carbons (Fsp3) is 0.538. The number of rotatable bonds is 4. The number of sulfonamides is 1. The van der Waals surface area contributed by atoms with Crippen molar-refractivity contribution >= 4 is 15.7 Å². The average Bonchev–Trinajstić information content (AvgIpc) is 2.40. The minimum Gasteiger partial charge on any atom is -0.495 e. The summed E-state index contributed by atoms with van der Waals surface area (Å²) in [7, 11) is -0.0467. The summed E-state index contributed by atoms with van der Waals surface area (Å²) in [4.78, 5) is 2.37. The number of methoxy groups -OCH3 is 1. The molecule has 1 saturated heterocycles. The number of likely N-dealkylation sites (tertiary alicyclic amines) is 1. The highest BCUT2D eigenvalue weighted by atomic mass is 32.2. The maximum atomic E-state index is 11.4. The van der Waals surface area contributed by atoms with Crippen LogP contribution in [0.5, 0.6) is 5.75 Å². The molecule has 0 spiro atoms. The fourth-order valence-electron chi connectivity index (χ4n) is 2.35. The van der Waals surface area contributed by atoms with E-state index in [1.807, 2.05) is 0 Å². The Bertz CT molecular complexity index is 566. The van der Waals surface area contributed by atoms with Crippen LogP contribution in [-0.4, -0.2) is 46.6 Å². The summed E-state index contributed by atoms with van der Waals surface area (Å²) in [5.41, 5.74) is 0.675. The number of ether oxygens (including phenoxy) is 1. The molecule has 3 N–H and O–H groups in total. The zero-order valence-electron chi connectivity index (χ0n) is 11.8. The minimum absolute atomic E-state index is 0.0914. The van der Waals surface area contributed by atoms with E-state index in [9.17, 15) is 8.42 Å². The zero-order chi connectivity index (χ0) is 14.8. The number of nitrogens with one attached hydrogen (secondary N) is 1. The van der Waals surface area contributed by atoms with Gasteiger partial charge in [0.2, 0.25) is 10.0 Å². The molecule has 0 radical (unpaired) electrons. The molecule has 1 aliphatic rings. The average molecular weight is 299 g/mol. The van der Waals surface area contributed by atoms with Crippen LogP contribution in [0, 0.1) is 0 Å². The predicted molar refractivity (Wildman–Crippen MR) is 78.5 cm³/mol. The molecule has 1 fully saturated rings. The molecule has 0 bridgehead atoms. The van der Waals surface area contributed by atoms with Crippen LogP contribution >= 0.6 is 0 Å². The van der Waals surface area contributed by atoms with Crippen molar-refractivity contribution in [3.05, 3.63) is 18.2 Å². The molecule has 1 heterocycles. The molecule has 0 aromatic heterocycles. The van der Waals surface area contributed by atoms with Crippen molar-refractivity contribution in [2.24, 2.45) is 5.14 Å². The van der Waals surface area contributed by atoms with Crippen LogP contribution in [0.2, 0.25) is 0 Å². The van der Waals surface area contributed by atoms with Gasteiger partial charge in [-0.2, -0.15) is 0 Å². The number of primary sulfonamides is 1. The third-order valence-electron chi connectivity index (χ3n) is 3.58. The highest BCUT2D eigenvalue weighted by Crippen LogP contribution is 2.29. The molecule has 6 nitrogen and oxygen atoms in total. The normalized spacial score (nSPS) is 17.9. The molecule has 112 valence electrons. The Kier molecular flexibility index (Phi) is 4.52. The second-order valence-corrected chi connectivity index (χ2v) is 6.69.